The van der Waals surface area contributed by atoms with Gasteiger partial charge in [0.15, 0.2) is 0 Å². The number of thiazole rings is 1. The molecule has 0 amide bonds. The van der Waals surface area contributed by atoms with Crippen molar-refractivity contribution in [3.63, 3.8) is 0 Å². The fraction of sp³-hybridized carbons (Fsp3) is 0.125. The van der Waals surface area contributed by atoms with Gasteiger partial charge in [0.2, 0.25) is 0 Å². The molecule has 74 valence electrons. The van der Waals surface area contributed by atoms with Crippen LogP contribution in [-0.4, -0.2) is 18.0 Å². The van der Waals surface area contributed by atoms with Crippen LogP contribution in [0.1, 0.15) is 5.01 Å². The van der Waals surface area contributed by atoms with Gasteiger partial charge in [-0.2, -0.15) is 8.42 Å². The zero-order chi connectivity index (χ0) is 10.3. The van der Waals surface area contributed by atoms with Gasteiger partial charge in [0.25, 0.3) is 10.1 Å². The fourth-order valence-corrected chi connectivity index (χ4v) is 3.09. The molecule has 6 heteroatoms. The molecular formula is C8H7NO3S2. The van der Waals surface area contributed by atoms with Crippen LogP contribution in [0.2, 0.25) is 0 Å². The van der Waals surface area contributed by atoms with Crippen molar-refractivity contribution in [2.24, 2.45) is 0 Å². The first kappa shape index (κ1) is 9.57. The van der Waals surface area contributed by atoms with Crippen molar-refractivity contribution in [1.29, 1.82) is 0 Å². The van der Waals surface area contributed by atoms with E-state index in [-0.39, 0.29) is 4.90 Å². The lowest BCUT2D eigenvalue weighted by Crippen LogP contribution is -1.97. The van der Waals surface area contributed by atoms with Crippen LogP contribution in [-0.2, 0) is 10.1 Å². The van der Waals surface area contributed by atoms with E-state index in [1.54, 1.807) is 19.1 Å². The number of nitrogens with zero attached hydrogens (tertiary/aromatic N) is 1. The van der Waals surface area contributed by atoms with E-state index in [0.717, 1.165) is 5.01 Å². The average molecular weight is 229 g/mol. The molecule has 1 aromatic carbocycles. The molecule has 14 heavy (non-hydrogen) atoms. The molecular weight excluding hydrogens is 222 g/mol. The van der Waals surface area contributed by atoms with Crippen LogP contribution in [0, 0.1) is 6.92 Å². The van der Waals surface area contributed by atoms with E-state index >= 15 is 0 Å². The van der Waals surface area contributed by atoms with E-state index < -0.39 is 10.1 Å². The lowest BCUT2D eigenvalue weighted by molar-refractivity contribution is 0.484. The molecule has 1 aromatic heterocycles. The molecule has 0 unspecified atom stereocenters. The number of hydrogen-bond donors (Lipinski definition) is 1. The summed E-state index contributed by atoms with van der Waals surface area (Å²) in [7, 11) is -4.15. The molecule has 0 saturated carbocycles. The number of aryl methyl sites for hydroxylation is 1. The lowest BCUT2D eigenvalue weighted by Gasteiger charge is -1.96. The monoisotopic (exact) mass is 229 g/mol. The molecule has 0 atom stereocenters. The molecule has 0 aliphatic heterocycles. The second kappa shape index (κ2) is 3.01. The number of benzene rings is 1. The highest BCUT2D eigenvalue weighted by molar-refractivity contribution is 7.86. The first-order valence-electron chi connectivity index (χ1n) is 3.82. The molecule has 2 rings (SSSR count). The van der Waals surface area contributed by atoms with E-state index in [4.69, 9.17) is 4.55 Å². The van der Waals surface area contributed by atoms with Gasteiger partial charge in [-0.25, -0.2) is 4.98 Å². The Balaban J connectivity index is 2.90. The van der Waals surface area contributed by atoms with Crippen LogP contribution in [0.15, 0.2) is 23.1 Å². The zero-order valence-electron chi connectivity index (χ0n) is 7.26. The summed E-state index contributed by atoms with van der Waals surface area (Å²) in [6.07, 6.45) is 0. The van der Waals surface area contributed by atoms with Crippen molar-refractivity contribution in [2.45, 2.75) is 11.8 Å². The maximum absolute atomic E-state index is 11.0. The molecule has 1 N–H and O–H groups in total. The van der Waals surface area contributed by atoms with Crippen molar-refractivity contribution in [3.05, 3.63) is 23.2 Å². The van der Waals surface area contributed by atoms with Crippen LogP contribution in [0.25, 0.3) is 10.2 Å². The van der Waals surface area contributed by atoms with Gasteiger partial charge in [0.05, 0.1) is 15.2 Å². The molecule has 0 radical (unpaired) electrons. The van der Waals surface area contributed by atoms with E-state index in [2.05, 4.69) is 4.98 Å². The number of hydrogen-bond acceptors (Lipinski definition) is 4. The molecule has 0 spiro atoms. The molecule has 1 heterocycles. The minimum atomic E-state index is -4.15. The standard InChI is InChI=1S/C8H7NO3S2/c1-5-9-6-3-2-4-7(8(6)13-5)14(10,11)12/h2-4H,1H3,(H,10,11,12). The second-order valence-electron chi connectivity index (χ2n) is 2.81. The first-order valence-corrected chi connectivity index (χ1v) is 6.08. The van der Waals surface area contributed by atoms with Gasteiger partial charge < -0.3 is 0 Å². The van der Waals surface area contributed by atoms with Gasteiger partial charge in [-0.05, 0) is 19.1 Å². The Morgan fingerprint density at radius 3 is 2.79 bits per heavy atom. The molecule has 0 fully saturated rings. The Kier molecular flexibility index (Phi) is 2.06. The summed E-state index contributed by atoms with van der Waals surface area (Å²) in [6.45, 7) is 1.79. The zero-order valence-corrected chi connectivity index (χ0v) is 8.89. The van der Waals surface area contributed by atoms with Crippen LogP contribution in [0.4, 0.5) is 0 Å². The molecule has 0 saturated heterocycles. The highest BCUT2D eigenvalue weighted by Crippen LogP contribution is 2.27. The van der Waals surface area contributed by atoms with Crippen molar-refractivity contribution in [2.75, 3.05) is 0 Å². The van der Waals surface area contributed by atoms with Crippen LogP contribution in [0.5, 0.6) is 0 Å². The maximum Gasteiger partial charge on any atom is 0.296 e. The Labute approximate surface area is 85.0 Å². The van der Waals surface area contributed by atoms with Crippen LogP contribution in [0.3, 0.4) is 0 Å². The maximum atomic E-state index is 11.0. The smallest absolute Gasteiger partial charge is 0.282 e. The summed E-state index contributed by atoms with van der Waals surface area (Å²) in [6, 6.07) is 4.65. The van der Waals surface area contributed by atoms with Gasteiger partial charge in [0.1, 0.15) is 4.90 Å². The predicted molar refractivity (Wildman–Crippen MR) is 54.2 cm³/mol. The van der Waals surface area contributed by atoms with Crippen molar-refractivity contribution in [3.8, 4) is 0 Å². The topological polar surface area (TPSA) is 67.3 Å². The summed E-state index contributed by atoms with van der Waals surface area (Å²) >= 11 is 1.26. The number of fused-ring (bicyclic) bond motifs is 1. The third-order valence-corrected chi connectivity index (χ3v) is 3.81. The fourth-order valence-electron chi connectivity index (χ4n) is 1.24. The average Bonchev–Trinajstić information content (AvgIpc) is 2.41. The Morgan fingerprint density at radius 2 is 2.14 bits per heavy atom. The Morgan fingerprint density at radius 1 is 1.43 bits per heavy atom. The highest BCUT2D eigenvalue weighted by atomic mass is 32.2. The van der Waals surface area contributed by atoms with Crippen LogP contribution < -0.4 is 0 Å². The SMILES string of the molecule is Cc1nc2cccc(S(=O)(=O)O)c2s1. The Bertz CT molecular complexity index is 586. The minimum absolute atomic E-state index is 0.0689. The van der Waals surface area contributed by atoms with Crippen LogP contribution >= 0.6 is 11.3 Å². The summed E-state index contributed by atoms with van der Waals surface area (Å²) in [5, 5.41) is 0.774. The largest absolute Gasteiger partial charge is 0.296 e. The van der Waals surface area contributed by atoms with Gasteiger partial charge in [-0.3, -0.25) is 4.55 Å². The molecule has 2 aromatic rings. The van der Waals surface area contributed by atoms with Gasteiger partial charge in [-0.15, -0.1) is 11.3 Å². The quantitative estimate of drug-likeness (QED) is 0.758. The normalized spacial score (nSPS) is 12.1. The number of aromatic nitrogens is 1. The van der Waals surface area contributed by atoms with E-state index in [1.165, 1.54) is 17.4 Å². The summed E-state index contributed by atoms with van der Waals surface area (Å²) in [5.41, 5.74) is 0.600. The predicted octanol–water partition coefficient (Wildman–Crippen LogP) is 1.85. The second-order valence-corrected chi connectivity index (χ2v) is 5.41. The third kappa shape index (κ3) is 1.52. The van der Waals surface area contributed by atoms with Gasteiger partial charge >= 0.3 is 0 Å². The van der Waals surface area contributed by atoms with Gasteiger partial charge in [-0.1, -0.05) is 6.07 Å². The molecule has 0 bridgehead atoms. The summed E-state index contributed by atoms with van der Waals surface area (Å²) in [4.78, 5) is 4.06. The summed E-state index contributed by atoms with van der Waals surface area (Å²) in [5.74, 6) is 0. The first-order chi connectivity index (χ1) is 6.48. The lowest BCUT2D eigenvalue weighted by atomic mass is 10.3. The van der Waals surface area contributed by atoms with E-state index in [1.807, 2.05) is 0 Å². The molecule has 0 aliphatic carbocycles. The van der Waals surface area contributed by atoms with Crippen molar-refractivity contribution >= 4 is 31.7 Å². The van der Waals surface area contributed by atoms with E-state index in [9.17, 15) is 8.42 Å². The number of rotatable bonds is 1. The van der Waals surface area contributed by atoms with E-state index in [0.29, 0.717) is 10.2 Å². The third-order valence-electron chi connectivity index (χ3n) is 1.76. The van der Waals surface area contributed by atoms with Crippen molar-refractivity contribution < 1.29 is 13.0 Å². The minimum Gasteiger partial charge on any atom is -0.282 e. The molecule has 4 nitrogen and oxygen atoms in total. The molecule has 0 aliphatic rings. The summed E-state index contributed by atoms with van der Waals surface area (Å²) < 4.78 is 31.4. The Hall–Kier alpha value is -0.980. The van der Waals surface area contributed by atoms with Gasteiger partial charge in [0, 0.05) is 0 Å². The highest BCUT2D eigenvalue weighted by Gasteiger charge is 2.15. The van der Waals surface area contributed by atoms with Crippen molar-refractivity contribution in [1.82, 2.24) is 4.98 Å².